The van der Waals surface area contributed by atoms with E-state index in [1.165, 1.54) is 0 Å². The van der Waals surface area contributed by atoms with Crippen LogP contribution in [0.15, 0.2) is 24.3 Å². The third-order valence-electron chi connectivity index (χ3n) is 2.52. The molecular weight excluding hydrogens is 328 g/mol. The van der Waals surface area contributed by atoms with E-state index in [1.54, 1.807) is 18.2 Å². The topological polar surface area (TPSA) is 37.8 Å². The van der Waals surface area contributed by atoms with Gasteiger partial charge in [-0.2, -0.15) is 0 Å². The Hall–Kier alpha value is -0.740. The number of anilines is 1. The van der Waals surface area contributed by atoms with Gasteiger partial charge >= 0.3 is 0 Å². The van der Waals surface area contributed by atoms with Crippen LogP contribution >= 0.6 is 46.4 Å². The third-order valence-corrected chi connectivity index (χ3v) is 3.55. The second-order valence-corrected chi connectivity index (χ2v) is 5.49. The first-order valence-electron chi connectivity index (χ1n) is 5.37. The average Bonchev–Trinajstić information content (AvgIpc) is 2.33. The van der Waals surface area contributed by atoms with Crippen LogP contribution in [0.5, 0.6) is 0 Å². The lowest BCUT2D eigenvalue weighted by Crippen LogP contribution is -2.08. The number of benzene rings is 1. The molecule has 0 spiro atoms. The van der Waals surface area contributed by atoms with Crippen molar-refractivity contribution in [3.63, 3.8) is 0 Å². The van der Waals surface area contributed by atoms with Crippen LogP contribution in [0, 0.1) is 0 Å². The Balaban J connectivity index is 2.25. The summed E-state index contributed by atoms with van der Waals surface area (Å²) < 4.78 is 0. The van der Waals surface area contributed by atoms with Gasteiger partial charge in [-0.3, -0.25) is 0 Å². The first kappa shape index (κ1) is 14.7. The fourth-order valence-corrected chi connectivity index (χ4v) is 2.48. The molecular formula is C12H9Cl4N3. The van der Waals surface area contributed by atoms with E-state index in [9.17, 15) is 0 Å². The lowest BCUT2D eigenvalue weighted by atomic mass is 10.1. The molecule has 1 atom stereocenters. The minimum absolute atomic E-state index is 0.0810. The Kier molecular flexibility index (Phi) is 4.74. The Morgan fingerprint density at radius 2 is 1.79 bits per heavy atom. The van der Waals surface area contributed by atoms with Crippen LogP contribution < -0.4 is 5.32 Å². The molecule has 0 radical (unpaired) electrons. The van der Waals surface area contributed by atoms with E-state index < -0.39 is 0 Å². The van der Waals surface area contributed by atoms with Gasteiger partial charge in [-0.05, 0) is 24.6 Å². The average molecular weight is 337 g/mol. The maximum atomic E-state index is 6.15. The van der Waals surface area contributed by atoms with Gasteiger partial charge in [0.05, 0.1) is 11.7 Å². The molecule has 1 heterocycles. The molecule has 0 saturated heterocycles. The number of rotatable bonds is 3. The van der Waals surface area contributed by atoms with E-state index in [0.29, 0.717) is 15.7 Å². The maximum Gasteiger partial charge on any atom is 0.174 e. The molecule has 3 nitrogen and oxygen atoms in total. The van der Waals surface area contributed by atoms with E-state index in [-0.39, 0.29) is 16.3 Å². The molecule has 2 aromatic rings. The van der Waals surface area contributed by atoms with Gasteiger partial charge in [0.2, 0.25) is 0 Å². The summed E-state index contributed by atoms with van der Waals surface area (Å²) in [5, 5.41) is 12.2. The van der Waals surface area contributed by atoms with Crippen molar-refractivity contribution < 1.29 is 0 Å². The van der Waals surface area contributed by atoms with Gasteiger partial charge in [0.15, 0.2) is 10.3 Å². The molecule has 1 N–H and O–H groups in total. The van der Waals surface area contributed by atoms with Crippen molar-refractivity contribution >= 4 is 52.1 Å². The van der Waals surface area contributed by atoms with E-state index >= 15 is 0 Å². The predicted molar refractivity (Wildman–Crippen MR) is 80.6 cm³/mol. The molecule has 19 heavy (non-hydrogen) atoms. The maximum absolute atomic E-state index is 6.15. The lowest BCUT2D eigenvalue weighted by Gasteiger charge is -2.17. The van der Waals surface area contributed by atoms with Crippen LogP contribution in [0.1, 0.15) is 18.5 Å². The highest BCUT2D eigenvalue weighted by atomic mass is 35.5. The van der Waals surface area contributed by atoms with E-state index in [1.807, 2.05) is 13.0 Å². The van der Waals surface area contributed by atoms with Crippen LogP contribution in [0.2, 0.25) is 20.4 Å². The molecule has 7 heteroatoms. The Morgan fingerprint density at radius 3 is 2.47 bits per heavy atom. The highest BCUT2D eigenvalue weighted by Crippen LogP contribution is 2.30. The summed E-state index contributed by atoms with van der Waals surface area (Å²) in [6, 6.07) is 6.85. The first-order chi connectivity index (χ1) is 8.97. The number of hydrogen-bond donors (Lipinski definition) is 1. The van der Waals surface area contributed by atoms with E-state index in [4.69, 9.17) is 46.4 Å². The van der Waals surface area contributed by atoms with Crippen LogP contribution in [0.3, 0.4) is 0 Å². The van der Waals surface area contributed by atoms with E-state index in [2.05, 4.69) is 15.5 Å². The minimum atomic E-state index is -0.0810. The highest BCUT2D eigenvalue weighted by Gasteiger charge is 2.12. The van der Waals surface area contributed by atoms with Crippen LogP contribution in [0.4, 0.5) is 5.69 Å². The quantitative estimate of drug-likeness (QED) is 0.830. The number of aromatic nitrogens is 2. The summed E-state index contributed by atoms with van der Waals surface area (Å²) in [5.74, 6) is 0. The molecule has 0 aliphatic rings. The van der Waals surface area contributed by atoms with Gasteiger partial charge in [-0.1, -0.05) is 52.5 Å². The van der Waals surface area contributed by atoms with Crippen molar-refractivity contribution in [2.45, 2.75) is 13.0 Å². The summed E-state index contributed by atoms with van der Waals surface area (Å²) in [6.07, 6.45) is 0. The van der Waals surface area contributed by atoms with Gasteiger partial charge in [-0.15, -0.1) is 10.2 Å². The molecule has 1 unspecified atom stereocenters. The molecule has 0 fully saturated rings. The SMILES string of the molecule is CC(Nc1cc(Cl)nnc1Cl)c1ccc(Cl)cc1Cl. The molecule has 1 aromatic heterocycles. The van der Waals surface area contributed by atoms with Gasteiger partial charge < -0.3 is 5.32 Å². The number of halogens is 4. The molecule has 0 bridgehead atoms. The normalized spacial score (nSPS) is 12.3. The third kappa shape index (κ3) is 3.63. The minimum Gasteiger partial charge on any atom is -0.376 e. The van der Waals surface area contributed by atoms with Crippen molar-refractivity contribution in [3.8, 4) is 0 Å². The molecule has 2 rings (SSSR count). The van der Waals surface area contributed by atoms with Crippen molar-refractivity contribution in [2.24, 2.45) is 0 Å². The van der Waals surface area contributed by atoms with E-state index in [0.717, 1.165) is 5.56 Å². The predicted octanol–water partition coefficient (Wildman–Crippen LogP) is 5.26. The summed E-state index contributed by atoms with van der Waals surface area (Å²) in [7, 11) is 0. The van der Waals surface area contributed by atoms with Gasteiger partial charge in [0.1, 0.15) is 0 Å². The zero-order valence-electron chi connectivity index (χ0n) is 9.79. The summed E-state index contributed by atoms with van der Waals surface area (Å²) in [6.45, 7) is 1.94. The molecule has 100 valence electrons. The van der Waals surface area contributed by atoms with Gasteiger partial charge in [0, 0.05) is 16.1 Å². The van der Waals surface area contributed by atoms with Crippen LogP contribution in [0.25, 0.3) is 0 Å². The Bertz CT molecular complexity index is 604. The summed E-state index contributed by atoms with van der Waals surface area (Å²) >= 11 is 23.7. The van der Waals surface area contributed by atoms with Crippen molar-refractivity contribution in [3.05, 3.63) is 50.2 Å². The fourth-order valence-electron chi connectivity index (χ4n) is 1.62. The molecule has 0 aliphatic carbocycles. The second-order valence-electron chi connectivity index (χ2n) is 3.90. The van der Waals surface area contributed by atoms with Crippen molar-refractivity contribution in [1.82, 2.24) is 10.2 Å². The van der Waals surface area contributed by atoms with Gasteiger partial charge in [-0.25, -0.2) is 0 Å². The first-order valence-corrected chi connectivity index (χ1v) is 6.89. The zero-order chi connectivity index (χ0) is 14.0. The molecule has 0 aliphatic heterocycles. The smallest absolute Gasteiger partial charge is 0.174 e. The number of hydrogen-bond acceptors (Lipinski definition) is 3. The second kappa shape index (κ2) is 6.14. The highest BCUT2D eigenvalue weighted by molar-refractivity contribution is 6.35. The number of nitrogens with zero attached hydrogens (tertiary/aromatic N) is 2. The van der Waals surface area contributed by atoms with Crippen LogP contribution in [-0.2, 0) is 0 Å². The standard InChI is InChI=1S/C12H9Cl4N3/c1-6(8-3-2-7(13)4-9(8)14)17-10-5-11(15)18-19-12(10)16/h2-6H,1H3,(H,17,18). The van der Waals surface area contributed by atoms with Crippen molar-refractivity contribution in [1.29, 1.82) is 0 Å². The summed E-state index contributed by atoms with van der Waals surface area (Å²) in [5.41, 5.74) is 1.50. The summed E-state index contributed by atoms with van der Waals surface area (Å²) in [4.78, 5) is 0. The van der Waals surface area contributed by atoms with Gasteiger partial charge in [0.25, 0.3) is 0 Å². The fraction of sp³-hybridized carbons (Fsp3) is 0.167. The molecule has 0 saturated carbocycles. The number of nitrogens with one attached hydrogen (secondary N) is 1. The molecule has 0 amide bonds. The van der Waals surface area contributed by atoms with Crippen molar-refractivity contribution in [2.75, 3.05) is 5.32 Å². The molecule has 1 aromatic carbocycles. The largest absolute Gasteiger partial charge is 0.376 e. The lowest BCUT2D eigenvalue weighted by molar-refractivity contribution is 0.878. The Labute approximate surface area is 130 Å². The zero-order valence-corrected chi connectivity index (χ0v) is 12.8. The van der Waals surface area contributed by atoms with Crippen LogP contribution in [-0.4, -0.2) is 10.2 Å². The Morgan fingerprint density at radius 1 is 1.05 bits per heavy atom. The monoisotopic (exact) mass is 335 g/mol.